The first kappa shape index (κ1) is 16.5. The molecule has 2 unspecified atom stereocenters. The van der Waals surface area contributed by atoms with E-state index in [1.165, 1.54) is 0 Å². The van der Waals surface area contributed by atoms with E-state index in [-0.39, 0.29) is 43.2 Å². The first-order valence-electron chi connectivity index (χ1n) is 7.12. The Morgan fingerprint density at radius 1 is 1.30 bits per heavy atom. The highest BCUT2D eigenvalue weighted by Gasteiger charge is 2.38. The van der Waals surface area contributed by atoms with E-state index in [1.54, 1.807) is 4.90 Å². The van der Waals surface area contributed by atoms with Crippen LogP contribution in [0.15, 0.2) is 0 Å². The van der Waals surface area contributed by atoms with Gasteiger partial charge in [0.15, 0.2) is 0 Å². The predicted molar refractivity (Wildman–Crippen MR) is 74.0 cm³/mol. The molecule has 2 amide bonds. The van der Waals surface area contributed by atoms with Crippen LogP contribution in [0.2, 0.25) is 0 Å². The van der Waals surface area contributed by atoms with Gasteiger partial charge in [-0.2, -0.15) is 0 Å². The molecule has 0 radical (unpaired) electrons. The van der Waals surface area contributed by atoms with Crippen LogP contribution >= 0.6 is 0 Å². The van der Waals surface area contributed by atoms with Crippen LogP contribution in [0.25, 0.3) is 0 Å². The van der Waals surface area contributed by atoms with Crippen LogP contribution in [0, 0.1) is 11.8 Å². The summed E-state index contributed by atoms with van der Waals surface area (Å²) >= 11 is 0. The molecule has 20 heavy (non-hydrogen) atoms. The van der Waals surface area contributed by atoms with Crippen molar-refractivity contribution in [3.8, 4) is 0 Å². The molecule has 0 heterocycles. The van der Waals surface area contributed by atoms with Gasteiger partial charge in [-0.1, -0.05) is 6.92 Å². The number of nitrogens with one attached hydrogen (secondary N) is 1. The highest BCUT2D eigenvalue weighted by molar-refractivity contribution is 5.82. The lowest BCUT2D eigenvalue weighted by atomic mass is 10.2. The molecule has 6 heteroatoms. The summed E-state index contributed by atoms with van der Waals surface area (Å²) in [5.74, 6) is -0.455. The molecule has 0 spiro atoms. The number of rotatable bonds is 8. The third-order valence-electron chi connectivity index (χ3n) is 3.59. The van der Waals surface area contributed by atoms with Gasteiger partial charge in [0.25, 0.3) is 0 Å². The minimum absolute atomic E-state index is 0.0203. The fraction of sp³-hybridized carbons (Fsp3) is 0.786. The van der Waals surface area contributed by atoms with Crippen molar-refractivity contribution in [1.82, 2.24) is 10.2 Å². The van der Waals surface area contributed by atoms with Crippen molar-refractivity contribution in [3.05, 3.63) is 0 Å². The maximum Gasteiger partial charge on any atom is 0.305 e. The largest absolute Gasteiger partial charge is 0.481 e. The van der Waals surface area contributed by atoms with Gasteiger partial charge in [-0.05, 0) is 26.2 Å². The summed E-state index contributed by atoms with van der Waals surface area (Å²) in [6.07, 6.45) is 1.08. The number of amides is 2. The monoisotopic (exact) mass is 284 g/mol. The highest BCUT2D eigenvalue weighted by atomic mass is 16.4. The summed E-state index contributed by atoms with van der Waals surface area (Å²) in [7, 11) is 0. The van der Waals surface area contributed by atoms with E-state index >= 15 is 0 Å². The Balaban J connectivity index is 2.30. The van der Waals surface area contributed by atoms with Gasteiger partial charge in [-0.15, -0.1) is 0 Å². The van der Waals surface area contributed by atoms with E-state index < -0.39 is 5.97 Å². The Morgan fingerprint density at radius 3 is 2.35 bits per heavy atom. The molecule has 6 nitrogen and oxygen atoms in total. The molecular weight excluding hydrogens is 260 g/mol. The van der Waals surface area contributed by atoms with Gasteiger partial charge < -0.3 is 15.3 Å². The minimum atomic E-state index is -0.917. The predicted octanol–water partition coefficient (Wildman–Crippen LogP) is 0.860. The van der Waals surface area contributed by atoms with Crippen molar-refractivity contribution in [2.45, 2.75) is 46.1 Å². The number of carboxylic acids is 1. The molecule has 0 aromatic rings. The van der Waals surface area contributed by atoms with E-state index in [0.29, 0.717) is 12.5 Å². The number of hydrogen-bond donors (Lipinski definition) is 2. The molecule has 0 bridgehead atoms. The van der Waals surface area contributed by atoms with E-state index in [9.17, 15) is 14.4 Å². The fourth-order valence-electron chi connectivity index (χ4n) is 2.14. The van der Waals surface area contributed by atoms with E-state index in [1.807, 2.05) is 20.8 Å². The zero-order chi connectivity index (χ0) is 15.3. The van der Waals surface area contributed by atoms with Crippen molar-refractivity contribution in [3.63, 3.8) is 0 Å². The molecule has 1 aliphatic rings. The number of aliphatic carboxylic acids is 1. The van der Waals surface area contributed by atoms with Crippen LogP contribution in [-0.2, 0) is 14.4 Å². The van der Waals surface area contributed by atoms with Crippen LogP contribution in [0.4, 0.5) is 0 Å². The van der Waals surface area contributed by atoms with Crippen molar-refractivity contribution in [1.29, 1.82) is 0 Å². The Kier molecular flexibility index (Phi) is 5.98. The van der Waals surface area contributed by atoms with Crippen LogP contribution in [-0.4, -0.2) is 46.9 Å². The second-order valence-electron chi connectivity index (χ2n) is 5.69. The number of carbonyl (C=O) groups excluding carboxylic acids is 2. The maximum atomic E-state index is 12.0. The van der Waals surface area contributed by atoms with Crippen LogP contribution in [0.1, 0.15) is 40.0 Å². The Morgan fingerprint density at radius 2 is 1.90 bits per heavy atom. The third-order valence-corrected chi connectivity index (χ3v) is 3.59. The van der Waals surface area contributed by atoms with Crippen LogP contribution in [0.3, 0.4) is 0 Å². The normalized spacial score (nSPS) is 20.6. The molecule has 1 aliphatic carbocycles. The lowest BCUT2D eigenvalue weighted by molar-refractivity contribution is -0.139. The van der Waals surface area contributed by atoms with E-state index in [2.05, 4.69) is 5.32 Å². The maximum absolute atomic E-state index is 12.0. The smallest absolute Gasteiger partial charge is 0.305 e. The second-order valence-corrected chi connectivity index (χ2v) is 5.69. The standard InChI is InChI=1S/C14H24N2O4/c1-9(2)16(7-5-13(18)19)12(17)4-6-15-14(20)11-8-10(11)3/h9-11H,4-8H2,1-3H3,(H,15,20)(H,18,19). The SMILES string of the molecule is CC1CC1C(=O)NCCC(=O)N(CCC(=O)O)C(C)C. The number of hydrogen-bond acceptors (Lipinski definition) is 3. The van der Waals surface area contributed by atoms with Gasteiger partial charge in [-0.25, -0.2) is 0 Å². The van der Waals surface area contributed by atoms with Crippen molar-refractivity contribution < 1.29 is 19.5 Å². The van der Waals surface area contributed by atoms with Gasteiger partial charge in [0.05, 0.1) is 6.42 Å². The summed E-state index contributed by atoms with van der Waals surface area (Å²) < 4.78 is 0. The molecule has 1 fully saturated rings. The molecule has 0 aromatic carbocycles. The summed E-state index contributed by atoms with van der Waals surface area (Å²) in [4.78, 5) is 35.7. The lowest BCUT2D eigenvalue weighted by Crippen LogP contribution is -2.40. The number of carboxylic acid groups (broad SMARTS) is 1. The molecule has 1 saturated carbocycles. The first-order chi connectivity index (χ1) is 9.32. The topological polar surface area (TPSA) is 86.7 Å². The summed E-state index contributed by atoms with van der Waals surface area (Å²) in [6.45, 7) is 6.26. The van der Waals surface area contributed by atoms with Gasteiger partial charge in [0.1, 0.15) is 0 Å². The minimum Gasteiger partial charge on any atom is -0.481 e. The molecule has 0 saturated heterocycles. The molecule has 2 atom stereocenters. The summed E-state index contributed by atoms with van der Waals surface area (Å²) in [5, 5.41) is 11.4. The molecule has 2 N–H and O–H groups in total. The lowest BCUT2D eigenvalue weighted by Gasteiger charge is -2.26. The quantitative estimate of drug-likeness (QED) is 0.692. The van der Waals surface area contributed by atoms with Gasteiger partial charge in [0, 0.05) is 31.5 Å². The Hall–Kier alpha value is -1.59. The van der Waals surface area contributed by atoms with Gasteiger partial charge >= 0.3 is 5.97 Å². The van der Waals surface area contributed by atoms with E-state index in [4.69, 9.17) is 5.11 Å². The summed E-state index contributed by atoms with van der Waals surface area (Å²) in [6, 6.07) is -0.0407. The van der Waals surface area contributed by atoms with Crippen molar-refractivity contribution in [2.24, 2.45) is 11.8 Å². The van der Waals surface area contributed by atoms with Crippen LogP contribution in [0.5, 0.6) is 0 Å². The molecule has 114 valence electrons. The third kappa shape index (κ3) is 5.19. The average molecular weight is 284 g/mol. The average Bonchev–Trinajstić information content (AvgIpc) is 3.05. The summed E-state index contributed by atoms with van der Waals surface area (Å²) in [5.41, 5.74) is 0. The van der Waals surface area contributed by atoms with Crippen molar-refractivity contribution in [2.75, 3.05) is 13.1 Å². The molecule has 1 rings (SSSR count). The fourth-order valence-corrected chi connectivity index (χ4v) is 2.14. The van der Waals surface area contributed by atoms with Crippen LogP contribution < -0.4 is 5.32 Å². The van der Waals surface area contributed by atoms with Crippen molar-refractivity contribution >= 4 is 17.8 Å². The highest BCUT2D eigenvalue weighted by Crippen LogP contribution is 2.37. The Labute approximate surface area is 119 Å². The second kappa shape index (κ2) is 7.26. The number of carbonyl (C=O) groups is 3. The molecule has 0 aromatic heterocycles. The molecule has 0 aliphatic heterocycles. The van der Waals surface area contributed by atoms with Gasteiger partial charge in [-0.3, -0.25) is 14.4 Å². The first-order valence-corrected chi connectivity index (χ1v) is 7.12. The number of nitrogens with zero attached hydrogens (tertiary/aromatic N) is 1. The molecular formula is C14H24N2O4. The van der Waals surface area contributed by atoms with Gasteiger partial charge in [0.2, 0.25) is 11.8 Å². The Bertz CT molecular complexity index is 381. The zero-order valence-corrected chi connectivity index (χ0v) is 12.4. The van der Waals surface area contributed by atoms with E-state index in [0.717, 1.165) is 6.42 Å². The zero-order valence-electron chi connectivity index (χ0n) is 12.4.